The SMILES string of the molecule is Cc1c(C(=O)Nc2ccc(OCC(N)=S)cc2)cnn1C. The maximum absolute atomic E-state index is 12.1. The zero-order chi connectivity index (χ0) is 15.4. The predicted octanol–water partition coefficient (Wildman–Crippen LogP) is 1.65. The van der Waals surface area contributed by atoms with Crippen LogP contribution in [0.5, 0.6) is 5.75 Å². The summed E-state index contributed by atoms with van der Waals surface area (Å²) in [5.41, 5.74) is 7.39. The highest BCUT2D eigenvalue weighted by Crippen LogP contribution is 2.17. The van der Waals surface area contributed by atoms with Crippen molar-refractivity contribution in [2.75, 3.05) is 11.9 Å². The van der Waals surface area contributed by atoms with Gasteiger partial charge in [0.15, 0.2) is 0 Å². The molecule has 0 saturated carbocycles. The first-order chi connectivity index (χ1) is 9.97. The first-order valence-corrected chi connectivity index (χ1v) is 6.69. The second kappa shape index (κ2) is 6.36. The Morgan fingerprint density at radius 1 is 1.43 bits per heavy atom. The molecule has 6 nitrogen and oxygen atoms in total. The molecule has 2 rings (SSSR count). The number of hydrogen-bond donors (Lipinski definition) is 2. The summed E-state index contributed by atoms with van der Waals surface area (Å²) in [7, 11) is 1.79. The maximum Gasteiger partial charge on any atom is 0.259 e. The molecule has 1 amide bonds. The van der Waals surface area contributed by atoms with Gasteiger partial charge in [-0.1, -0.05) is 12.2 Å². The summed E-state index contributed by atoms with van der Waals surface area (Å²) in [6.45, 7) is 2.03. The van der Waals surface area contributed by atoms with E-state index in [0.29, 0.717) is 22.0 Å². The molecule has 0 bridgehead atoms. The predicted molar refractivity (Wildman–Crippen MR) is 84.6 cm³/mol. The number of thiocarbonyl (C=S) groups is 1. The number of aryl methyl sites for hydroxylation is 1. The van der Waals surface area contributed by atoms with E-state index in [1.54, 1.807) is 42.2 Å². The number of carbonyl (C=O) groups excluding carboxylic acids is 1. The lowest BCUT2D eigenvalue weighted by molar-refractivity contribution is 0.102. The Morgan fingerprint density at radius 2 is 2.10 bits per heavy atom. The number of hydrogen-bond acceptors (Lipinski definition) is 4. The number of nitrogens with one attached hydrogen (secondary N) is 1. The van der Waals surface area contributed by atoms with E-state index in [2.05, 4.69) is 10.4 Å². The third kappa shape index (κ3) is 3.79. The van der Waals surface area contributed by atoms with E-state index in [-0.39, 0.29) is 12.5 Å². The summed E-state index contributed by atoms with van der Waals surface area (Å²) < 4.78 is 7.00. The zero-order valence-corrected chi connectivity index (χ0v) is 12.6. The van der Waals surface area contributed by atoms with Crippen LogP contribution in [0.3, 0.4) is 0 Å². The average Bonchev–Trinajstić information content (AvgIpc) is 2.78. The van der Waals surface area contributed by atoms with Crippen LogP contribution in [0.25, 0.3) is 0 Å². The number of aromatic nitrogens is 2. The Morgan fingerprint density at radius 3 is 2.62 bits per heavy atom. The second-order valence-corrected chi connectivity index (χ2v) is 5.03. The van der Waals surface area contributed by atoms with Gasteiger partial charge in [0, 0.05) is 18.4 Å². The van der Waals surface area contributed by atoms with Crippen molar-refractivity contribution in [1.29, 1.82) is 0 Å². The summed E-state index contributed by atoms with van der Waals surface area (Å²) in [6.07, 6.45) is 1.55. The van der Waals surface area contributed by atoms with E-state index in [0.717, 1.165) is 5.69 Å². The molecule has 21 heavy (non-hydrogen) atoms. The lowest BCUT2D eigenvalue weighted by atomic mass is 10.2. The molecule has 1 heterocycles. The van der Waals surface area contributed by atoms with Crippen LogP contribution in [-0.4, -0.2) is 27.3 Å². The largest absolute Gasteiger partial charge is 0.487 e. The molecule has 2 aromatic rings. The van der Waals surface area contributed by atoms with Gasteiger partial charge in [-0.15, -0.1) is 0 Å². The molecule has 0 radical (unpaired) electrons. The molecule has 0 saturated heterocycles. The fourth-order valence-electron chi connectivity index (χ4n) is 1.71. The van der Waals surface area contributed by atoms with Crippen molar-refractivity contribution in [2.45, 2.75) is 6.92 Å². The molecule has 7 heteroatoms. The molecule has 110 valence electrons. The highest BCUT2D eigenvalue weighted by molar-refractivity contribution is 7.80. The van der Waals surface area contributed by atoms with Crippen LogP contribution in [0, 0.1) is 6.92 Å². The molecule has 3 N–H and O–H groups in total. The van der Waals surface area contributed by atoms with Crippen molar-refractivity contribution in [1.82, 2.24) is 9.78 Å². The smallest absolute Gasteiger partial charge is 0.259 e. The standard InChI is InChI=1S/C14H16N4O2S/c1-9-12(7-16-18(9)2)14(19)17-10-3-5-11(6-4-10)20-8-13(15)21/h3-7H,8H2,1-2H3,(H2,15,21)(H,17,19). The van der Waals surface area contributed by atoms with Gasteiger partial charge in [0.25, 0.3) is 5.91 Å². The number of benzene rings is 1. The van der Waals surface area contributed by atoms with Crippen molar-refractivity contribution in [3.8, 4) is 5.75 Å². The minimum Gasteiger partial charge on any atom is -0.487 e. The molecule has 0 atom stereocenters. The van der Waals surface area contributed by atoms with Crippen molar-refractivity contribution in [3.63, 3.8) is 0 Å². The summed E-state index contributed by atoms with van der Waals surface area (Å²) in [6, 6.07) is 6.98. The first-order valence-electron chi connectivity index (χ1n) is 6.28. The van der Waals surface area contributed by atoms with Gasteiger partial charge >= 0.3 is 0 Å². The minimum atomic E-state index is -0.197. The maximum atomic E-state index is 12.1. The number of carbonyl (C=O) groups is 1. The highest BCUT2D eigenvalue weighted by Gasteiger charge is 2.12. The van der Waals surface area contributed by atoms with Crippen LogP contribution in [0.15, 0.2) is 30.5 Å². The fraction of sp³-hybridized carbons (Fsp3) is 0.214. The van der Waals surface area contributed by atoms with Gasteiger partial charge in [0.2, 0.25) is 0 Å². The Kier molecular flexibility index (Phi) is 4.54. The molecule has 0 aliphatic carbocycles. The van der Waals surface area contributed by atoms with Gasteiger partial charge in [0.05, 0.1) is 11.8 Å². The van der Waals surface area contributed by atoms with Crippen molar-refractivity contribution < 1.29 is 9.53 Å². The van der Waals surface area contributed by atoms with Gasteiger partial charge in [-0.05, 0) is 31.2 Å². The van der Waals surface area contributed by atoms with Gasteiger partial charge < -0.3 is 15.8 Å². The highest BCUT2D eigenvalue weighted by atomic mass is 32.1. The Hall–Kier alpha value is -2.41. The van der Waals surface area contributed by atoms with Gasteiger partial charge in [-0.25, -0.2) is 0 Å². The van der Waals surface area contributed by atoms with Crippen molar-refractivity contribution in [2.24, 2.45) is 12.8 Å². The molecule has 0 fully saturated rings. The van der Waals surface area contributed by atoms with Crippen LogP contribution in [-0.2, 0) is 7.05 Å². The van der Waals surface area contributed by atoms with Gasteiger partial charge in [-0.3, -0.25) is 9.48 Å². The molecular weight excluding hydrogens is 288 g/mol. The quantitative estimate of drug-likeness (QED) is 0.821. The lowest BCUT2D eigenvalue weighted by Crippen LogP contribution is -2.17. The van der Waals surface area contributed by atoms with Gasteiger partial charge in [-0.2, -0.15) is 5.10 Å². The monoisotopic (exact) mass is 304 g/mol. The van der Waals surface area contributed by atoms with Crippen LogP contribution in [0.2, 0.25) is 0 Å². The average molecular weight is 304 g/mol. The number of amides is 1. The number of ether oxygens (including phenoxy) is 1. The van der Waals surface area contributed by atoms with Crippen LogP contribution in [0.1, 0.15) is 16.1 Å². The van der Waals surface area contributed by atoms with Crippen molar-refractivity contribution in [3.05, 3.63) is 41.7 Å². The van der Waals surface area contributed by atoms with Crippen LogP contribution >= 0.6 is 12.2 Å². The minimum absolute atomic E-state index is 0.190. The second-order valence-electron chi connectivity index (χ2n) is 4.50. The summed E-state index contributed by atoms with van der Waals surface area (Å²) in [5.74, 6) is 0.441. The number of anilines is 1. The Bertz CT molecular complexity index is 664. The van der Waals surface area contributed by atoms with Gasteiger partial charge in [0.1, 0.15) is 17.3 Å². The van der Waals surface area contributed by atoms with E-state index in [4.69, 9.17) is 22.7 Å². The molecule has 0 aliphatic heterocycles. The third-order valence-electron chi connectivity index (χ3n) is 2.97. The Balaban J connectivity index is 2.01. The number of rotatable bonds is 5. The van der Waals surface area contributed by atoms with E-state index in [1.165, 1.54) is 0 Å². The van der Waals surface area contributed by atoms with E-state index >= 15 is 0 Å². The first kappa shape index (κ1) is 15.0. The topological polar surface area (TPSA) is 82.2 Å². The fourth-order valence-corrected chi connectivity index (χ4v) is 1.77. The Labute approximate surface area is 127 Å². The summed E-state index contributed by atoms with van der Waals surface area (Å²) in [4.78, 5) is 12.4. The van der Waals surface area contributed by atoms with E-state index in [9.17, 15) is 4.79 Å². The van der Waals surface area contributed by atoms with Crippen LogP contribution < -0.4 is 15.8 Å². The van der Waals surface area contributed by atoms with Crippen LogP contribution in [0.4, 0.5) is 5.69 Å². The van der Waals surface area contributed by atoms with E-state index in [1.807, 2.05) is 6.92 Å². The number of nitrogens with zero attached hydrogens (tertiary/aromatic N) is 2. The zero-order valence-electron chi connectivity index (χ0n) is 11.8. The molecule has 0 aliphatic rings. The normalized spacial score (nSPS) is 10.2. The third-order valence-corrected chi connectivity index (χ3v) is 3.09. The summed E-state index contributed by atoms with van der Waals surface area (Å²) in [5, 5.41) is 6.85. The molecule has 1 aromatic heterocycles. The molecule has 0 spiro atoms. The van der Waals surface area contributed by atoms with E-state index < -0.39 is 0 Å². The molecule has 0 unspecified atom stereocenters. The van der Waals surface area contributed by atoms with Crippen molar-refractivity contribution >= 4 is 28.8 Å². The lowest BCUT2D eigenvalue weighted by Gasteiger charge is -2.07. The molecular formula is C14H16N4O2S. The summed E-state index contributed by atoms with van der Waals surface area (Å²) >= 11 is 4.73. The number of nitrogens with two attached hydrogens (primary N) is 1. The molecule has 1 aromatic carbocycles.